The fourth-order valence-electron chi connectivity index (χ4n) is 2.93. The first-order chi connectivity index (χ1) is 12.9. The molecule has 1 aromatic carbocycles. The SMILES string of the molecule is Cc1nc(C=C(F)[C@H](O)CC(=O)N2C(=O)O[C@H](c3ccccc3)[C@@H]2C)co1. The number of aliphatic hydroxyl groups is 1. The maximum atomic E-state index is 14.1. The number of benzene rings is 1. The van der Waals surface area contributed by atoms with Crippen LogP contribution in [0.1, 0.15) is 36.6 Å². The third-order valence-electron chi connectivity index (χ3n) is 4.28. The van der Waals surface area contributed by atoms with Crippen LogP contribution in [-0.2, 0) is 9.53 Å². The molecule has 0 bridgehead atoms. The van der Waals surface area contributed by atoms with Gasteiger partial charge in [-0.1, -0.05) is 30.3 Å². The van der Waals surface area contributed by atoms with Gasteiger partial charge in [-0.2, -0.15) is 0 Å². The molecule has 8 heteroatoms. The molecule has 1 fully saturated rings. The number of hydrogen-bond donors (Lipinski definition) is 1. The summed E-state index contributed by atoms with van der Waals surface area (Å²) >= 11 is 0. The molecule has 2 heterocycles. The van der Waals surface area contributed by atoms with E-state index in [0.29, 0.717) is 5.89 Å². The Morgan fingerprint density at radius 1 is 1.41 bits per heavy atom. The number of aromatic nitrogens is 1. The number of aliphatic hydroxyl groups excluding tert-OH is 1. The van der Waals surface area contributed by atoms with E-state index in [0.717, 1.165) is 16.5 Å². The van der Waals surface area contributed by atoms with Crippen LogP contribution in [0.25, 0.3) is 6.08 Å². The first-order valence-corrected chi connectivity index (χ1v) is 8.41. The first-order valence-electron chi connectivity index (χ1n) is 8.41. The largest absolute Gasteiger partial charge is 0.449 e. The smallest absolute Gasteiger partial charge is 0.417 e. The number of nitrogens with zero attached hydrogens (tertiary/aromatic N) is 2. The summed E-state index contributed by atoms with van der Waals surface area (Å²) in [6.07, 6.45) is -1.52. The third kappa shape index (κ3) is 4.06. The summed E-state index contributed by atoms with van der Waals surface area (Å²) in [6.45, 7) is 3.26. The number of cyclic esters (lactones) is 1. The number of rotatable bonds is 5. The molecule has 1 aromatic heterocycles. The first kappa shape index (κ1) is 18.8. The van der Waals surface area contributed by atoms with E-state index in [2.05, 4.69) is 4.98 Å². The Balaban J connectivity index is 1.68. The van der Waals surface area contributed by atoms with Crippen molar-refractivity contribution in [3.63, 3.8) is 0 Å². The van der Waals surface area contributed by atoms with Gasteiger partial charge in [0.25, 0.3) is 0 Å². The van der Waals surface area contributed by atoms with Gasteiger partial charge in [-0.3, -0.25) is 4.79 Å². The molecular formula is C19H19FN2O5. The fourth-order valence-corrected chi connectivity index (χ4v) is 2.93. The highest BCUT2D eigenvalue weighted by atomic mass is 19.1. The zero-order chi connectivity index (χ0) is 19.6. The Morgan fingerprint density at radius 2 is 2.11 bits per heavy atom. The standard InChI is InChI=1S/C19H19FN2O5/c1-11-18(13-6-4-3-5-7-13)27-19(25)22(11)17(24)9-16(23)15(20)8-14-10-26-12(2)21-14/h3-8,10-11,16,18,23H,9H2,1-2H3/t11-,16+,18-/m0/s1. The predicted octanol–water partition coefficient (Wildman–Crippen LogP) is 3.15. The molecule has 1 aliphatic heterocycles. The number of imide groups is 1. The van der Waals surface area contributed by atoms with Gasteiger partial charge < -0.3 is 14.3 Å². The summed E-state index contributed by atoms with van der Waals surface area (Å²) < 4.78 is 24.4. The van der Waals surface area contributed by atoms with Crippen LogP contribution in [0.2, 0.25) is 0 Å². The number of halogens is 1. The predicted molar refractivity (Wildman–Crippen MR) is 92.9 cm³/mol. The van der Waals surface area contributed by atoms with Crippen molar-refractivity contribution in [2.75, 3.05) is 0 Å². The van der Waals surface area contributed by atoms with Gasteiger partial charge in [0.2, 0.25) is 5.91 Å². The molecule has 1 saturated heterocycles. The summed E-state index contributed by atoms with van der Waals surface area (Å²) in [5.41, 5.74) is 0.941. The van der Waals surface area contributed by atoms with Crippen LogP contribution in [-0.4, -0.2) is 39.1 Å². The Hall–Kier alpha value is -3.00. The highest BCUT2D eigenvalue weighted by Crippen LogP contribution is 2.33. The fraction of sp³-hybridized carbons (Fsp3) is 0.316. The van der Waals surface area contributed by atoms with E-state index >= 15 is 0 Å². The lowest BCUT2D eigenvalue weighted by molar-refractivity contribution is -0.130. The average Bonchev–Trinajstić information content (AvgIpc) is 3.17. The Bertz CT molecular complexity index is 864. The molecule has 0 saturated carbocycles. The van der Waals surface area contributed by atoms with Crippen LogP contribution in [0.4, 0.5) is 9.18 Å². The van der Waals surface area contributed by atoms with Crippen molar-refractivity contribution in [1.29, 1.82) is 0 Å². The zero-order valence-electron chi connectivity index (χ0n) is 14.8. The van der Waals surface area contributed by atoms with Gasteiger partial charge >= 0.3 is 6.09 Å². The summed E-state index contributed by atoms with van der Waals surface area (Å²) in [5.74, 6) is -1.32. The second-order valence-corrected chi connectivity index (χ2v) is 6.26. The number of hydrogen-bond acceptors (Lipinski definition) is 6. The summed E-state index contributed by atoms with van der Waals surface area (Å²) in [7, 11) is 0. The van der Waals surface area contributed by atoms with E-state index in [1.807, 2.05) is 6.07 Å². The molecule has 1 aliphatic rings. The molecule has 2 aromatic rings. The maximum Gasteiger partial charge on any atom is 0.417 e. The number of oxazole rings is 1. The molecule has 27 heavy (non-hydrogen) atoms. The van der Waals surface area contributed by atoms with Gasteiger partial charge in [0.15, 0.2) is 5.89 Å². The number of aryl methyl sites for hydroxylation is 1. The van der Waals surface area contributed by atoms with E-state index in [4.69, 9.17) is 9.15 Å². The van der Waals surface area contributed by atoms with Crippen molar-refractivity contribution in [2.24, 2.45) is 0 Å². The molecule has 2 amide bonds. The van der Waals surface area contributed by atoms with Gasteiger partial charge in [-0.15, -0.1) is 0 Å². The van der Waals surface area contributed by atoms with Crippen molar-refractivity contribution in [1.82, 2.24) is 9.88 Å². The van der Waals surface area contributed by atoms with Crippen LogP contribution in [0.5, 0.6) is 0 Å². The molecule has 3 atom stereocenters. The van der Waals surface area contributed by atoms with Crippen LogP contribution < -0.4 is 0 Å². The molecule has 7 nitrogen and oxygen atoms in total. The zero-order valence-corrected chi connectivity index (χ0v) is 14.8. The van der Waals surface area contributed by atoms with Gasteiger partial charge in [0, 0.05) is 13.0 Å². The van der Waals surface area contributed by atoms with Gasteiger partial charge in [-0.25, -0.2) is 19.1 Å². The van der Waals surface area contributed by atoms with E-state index in [9.17, 15) is 19.1 Å². The molecule has 0 spiro atoms. The number of carbonyl (C=O) groups is 2. The van der Waals surface area contributed by atoms with Crippen molar-refractivity contribution in [3.8, 4) is 0 Å². The Labute approximate surface area is 155 Å². The lowest BCUT2D eigenvalue weighted by Gasteiger charge is -2.20. The summed E-state index contributed by atoms with van der Waals surface area (Å²) in [4.78, 5) is 29.4. The Kier molecular flexibility index (Phi) is 5.36. The molecule has 0 unspecified atom stereocenters. The van der Waals surface area contributed by atoms with Crippen molar-refractivity contribution >= 4 is 18.1 Å². The number of carbonyl (C=O) groups excluding carboxylic acids is 2. The van der Waals surface area contributed by atoms with E-state index < -0.39 is 42.5 Å². The van der Waals surface area contributed by atoms with Crippen LogP contribution in [0.15, 0.2) is 46.8 Å². The number of amides is 2. The quantitative estimate of drug-likeness (QED) is 0.864. The highest BCUT2D eigenvalue weighted by Gasteiger charge is 2.43. The minimum atomic E-state index is -1.70. The highest BCUT2D eigenvalue weighted by molar-refractivity contribution is 5.94. The molecule has 0 aliphatic carbocycles. The topological polar surface area (TPSA) is 92.9 Å². The van der Waals surface area contributed by atoms with Crippen LogP contribution >= 0.6 is 0 Å². The second-order valence-electron chi connectivity index (χ2n) is 6.26. The van der Waals surface area contributed by atoms with Crippen molar-refractivity contribution in [3.05, 3.63) is 59.6 Å². The minimum absolute atomic E-state index is 0.189. The summed E-state index contributed by atoms with van der Waals surface area (Å²) in [5, 5.41) is 9.97. The lowest BCUT2D eigenvalue weighted by atomic mass is 10.0. The normalized spacial score (nSPS) is 21.3. The molecule has 1 N–H and O–H groups in total. The third-order valence-corrected chi connectivity index (χ3v) is 4.28. The van der Waals surface area contributed by atoms with E-state index in [1.54, 1.807) is 38.1 Å². The lowest BCUT2D eigenvalue weighted by Crippen LogP contribution is -2.39. The minimum Gasteiger partial charge on any atom is -0.449 e. The van der Waals surface area contributed by atoms with Crippen LogP contribution in [0, 0.1) is 6.92 Å². The van der Waals surface area contributed by atoms with Gasteiger partial charge in [0.1, 0.15) is 30.0 Å². The average molecular weight is 374 g/mol. The second kappa shape index (κ2) is 7.71. The van der Waals surface area contributed by atoms with Crippen LogP contribution in [0.3, 0.4) is 0 Å². The molecule has 142 valence electrons. The Morgan fingerprint density at radius 3 is 2.74 bits per heavy atom. The molecule has 3 rings (SSSR count). The molecule has 0 radical (unpaired) electrons. The van der Waals surface area contributed by atoms with E-state index in [1.165, 1.54) is 6.26 Å². The summed E-state index contributed by atoms with van der Waals surface area (Å²) in [6, 6.07) is 8.44. The van der Waals surface area contributed by atoms with E-state index in [-0.39, 0.29) is 5.69 Å². The van der Waals surface area contributed by atoms with Gasteiger partial charge in [0.05, 0.1) is 12.5 Å². The van der Waals surface area contributed by atoms with Crippen molar-refractivity contribution < 1.29 is 28.2 Å². The monoisotopic (exact) mass is 374 g/mol. The van der Waals surface area contributed by atoms with Crippen molar-refractivity contribution in [2.45, 2.75) is 38.5 Å². The maximum absolute atomic E-state index is 14.1. The van der Waals surface area contributed by atoms with Gasteiger partial charge in [-0.05, 0) is 12.5 Å². The molecular weight excluding hydrogens is 355 g/mol. The number of ether oxygens (including phenoxy) is 1.